The average Bonchev–Trinajstić information content (AvgIpc) is 2.57. The molecule has 0 saturated carbocycles. The van der Waals surface area contributed by atoms with E-state index < -0.39 is 0 Å². The van der Waals surface area contributed by atoms with Gasteiger partial charge in [-0.05, 0) is 12.8 Å². The highest BCUT2D eigenvalue weighted by molar-refractivity contribution is 4.37. The molecule has 142 valence electrons. The SMILES string of the molecule is CCCCCOCCCC.OCCOCCOCCOCCO. The van der Waals surface area contributed by atoms with Gasteiger partial charge in [0.25, 0.3) is 0 Å². The fourth-order valence-corrected chi connectivity index (χ4v) is 1.47. The third kappa shape index (κ3) is 30.2. The van der Waals surface area contributed by atoms with Crippen LogP contribution in [-0.2, 0) is 18.9 Å². The summed E-state index contributed by atoms with van der Waals surface area (Å²) in [7, 11) is 0. The third-order valence-electron chi connectivity index (χ3n) is 2.75. The smallest absolute Gasteiger partial charge is 0.0701 e. The van der Waals surface area contributed by atoms with Crippen molar-refractivity contribution in [3.8, 4) is 0 Å². The molecule has 0 aromatic heterocycles. The van der Waals surface area contributed by atoms with Crippen LogP contribution in [0.1, 0.15) is 46.0 Å². The summed E-state index contributed by atoms with van der Waals surface area (Å²) < 4.78 is 20.4. The largest absolute Gasteiger partial charge is 0.394 e. The fourth-order valence-electron chi connectivity index (χ4n) is 1.47. The molecule has 6 nitrogen and oxygen atoms in total. The van der Waals surface area contributed by atoms with Crippen molar-refractivity contribution in [1.29, 1.82) is 0 Å². The summed E-state index contributed by atoms with van der Waals surface area (Å²) in [5, 5.41) is 16.7. The minimum absolute atomic E-state index is 0.0413. The maximum Gasteiger partial charge on any atom is 0.0701 e. The Kier molecular flexibility index (Phi) is 29.0. The van der Waals surface area contributed by atoms with Gasteiger partial charge in [0.15, 0.2) is 0 Å². The first-order valence-electron chi connectivity index (χ1n) is 8.86. The molecule has 0 aliphatic rings. The fraction of sp³-hybridized carbons (Fsp3) is 1.00. The third-order valence-corrected chi connectivity index (χ3v) is 2.75. The van der Waals surface area contributed by atoms with Crippen molar-refractivity contribution < 1.29 is 29.2 Å². The molecule has 0 aliphatic carbocycles. The quantitative estimate of drug-likeness (QED) is 0.395. The van der Waals surface area contributed by atoms with Crippen LogP contribution in [0.2, 0.25) is 0 Å². The van der Waals surface area contributed by atoms with Crippen LogP contribution in [0.4, 0.5) is 0 Å². The Labute approximate surface area is 142 Å². The minimum atomic E-state index is 0.0413. The van der Waals surface area contributed by atoms with E-state index in [1.165, 1.54) is 32.1 Å². The normalized spacial score (nSPS) is 10.4. The van der Waals surface area contributed by atoms with Gasteiger partial charge >= 0.3 is 0 Å². The van der Waals surface area contributed by atoms with Gasteiger partial charge in [0.1, 0.15) is 0 Å². The molecule has 0 unspecified atom stereocenters. The van der Waals surface area contributed by atoms with Gasteiger partial charge in [0.05, 0.1) is 52.9 Å². The molecule has 0 aliphatic heterocycles. The molecule has 6 heteroatoms. The molecular weight excluding hydrogens is 300 g/mol. The molecule has 0 spiro atoms. The topological polar surface area (TPSA) is 77.4 Å². The lowest BCUT2D eigenvalue weighted by Crippen LogP contribution is -2.11. The first-order chi connectivity index (χ1) is 11.3. The first kappa shape index (κ1) is 25.0. The predicted molar refractivity (Wildman–Crippen MR) is 91.9 cm³/mol. The van der Waals surface area contributed by atoms with Crippen molar-refractivity contribution in [2.24, 2.45) is 0 Å². The number of hydrogen-bond acceptors (Lipinski definition) is 6. The molecule has 23 heavy (non-hydrogen) atoms. The van der Waals surface area contributed by atoms with Gasteiger partial charge in [-0.15, -0.1) is 0 Å². The summed E-state index contributed by atoms with van der Waals surface area (Å²) in [6, 6.07) is 0. The zero-order valence-electron chi connectivity index (χ0n) is 15.1. The summed E-state index contributed by atoms with van der Waals surface area (Å²) in [5.74, 6) is 0. The van der Waals surface area contributed by atoms with E-state index in [4.69, 9.17) is 29.2 Å². The lowest BCUT2D eigenvalue weighted by molar-refractivity contribution is 0.00230. The Bertz CT molecular complexity index is 162. The molecule has 2 N–H and O–H groups in total. The number of rotatable bonds is 17. The van der Waals surface area contributed by atoms with Crippen LogP contribution in [0, 0.1) is 0 Å². The maximum atomic E-state index is 8.36. The molecule has 0 amide bonds. The lowest BCUT2D eigenvalue weighted by Gasteiger charge is -2.04. The van der Waals surface area contributed by atoms with Crippen LogP contribution in [0.3, 0.4) is 0 Å². The van der Waals surface area contributed by atoms with Gasteiger partial charge in [-0.3, -0.25) is 0 Å². The monoisotopic (exact) mass is 338 g/mol. The lowest BCUT2D eigenvalue weighted by atomic mass is 10.3. The number of aliphatic hydroxyl groups is 2. The first-order valence-corrected chi connectivity index (χ1v) is 8.86. The van der Waals surface area contributed by atoms with E-state index in [1.54, 1.807) is 0 Å². The van der Waals surface area contributed by atoms with Gasteiger partial charge in [-0.1, -0.05) is 33.1 Å². The Morgan fingerprint density at radius 2 is 0.870 bits per heavy atom. The van der Waals surface area contributed by atoms with Gasteiger partial charge in [0.2, 0.25) is 0 Å². The second kappa shape index (κ2) is 26.6. The standard InChI is InChI=1S/C9H20O.C8H18O5/c1-3-5-7-9-10-8-6-4-2;9-1-3-11-5-7-13-8-6-12-4-2-10/h3-9H2,1-2H3;9-10H,1-8H2. The number of unbranched alkanes of at least 4 members (excludes halogenated alkanes) is 3. The molecule has 0 rings (SSSR count). The molecule has 0 fully saturated rings. The Balaban J connectivity index is 0. The molecule has 0 heterocycles. The molecular formula is C17H38O6. The summed E-state index contributed by atoms with van der Waals surface area (Å²) in [5.41, 5.74) is 0. The van der Waals surface area contributed by atoms with Gasteiger partial charge in [-0.25, -0.2) is 0 Å². The minimum Gasteiger partial charge on any atom is -0.394 e. The Hall–Kier alpha value is -0.240. The number of hydrogen-bond donors (Lipinski definition) is 2. The van der Waals surface area contributed by atoms with E-state index in [1.807, 2.05) is 0 Å². The number of aliphatic hydroxyl groups excluding tert-OH is 2. The molecule has 0 atom stereocenters. The van der Waals surface area contributed by atoms with E-state index in [9.17, 15) is 0 Å². The van der Waals surface area contributed by atoms with Crippen LogP contribution >= 0.6 is 0 Å². The molecule has 0 bridgehead atoms. The Morgan fingerprint density at radius 3 is 1.30 bits per heavy atom. The molecule has 0 aromatic carbocycles. The van der Waals surface area contributed by atoms with Crippen LogP contribution in [0.5, 0.6) is 0 Å². The van der Waals surface area contributed by atoms with Crippen molar-refractivity contribution in [3.05, 3.63) is 0 Å². The van der Waals surface area contributed by atoms with Crippen molar-refractivity contribution >= 4 is 0 Å². The molecule has 0 aromatic rings. The van der Waals surface area contributed by atoms with Crippen molar-refractivity contribution in [2.75, 3.05) is 66.1 Å². The van der Waals surface area contributed by atoms with Crippen LogP contribution in [0.25, 0.3) is 0 Å². The van der Waals surface area contributed by atoms with E-state index >= 15 is 0 Å². The zero-order valence-corrected chi connectivity index (χ0v) is 15.1. The van der Waals surface area contributed by atoms with Crippen LogP contribution < -0.4 is 0 Å². The zero-order chi connectivity index (χ0) is 17.4. The van der Waals surface area contributed by atoms with E-state index in [0.717, 1.165) is 13.2 Å². The predicted octanol–water partition coefficient (Wildman–Crippen LogP) is 2.01. The second-order valence-corrected chi connectivity index (χ2v) is 4.96. The van der Waals surface area contributed by atoms with Crippen molar-refractivity contribution in [1.82, 2.24) is 0 Å². The average molecular weight is 338 g/mol. The van der Waals surface area contributed by atoms with E-state index in [-0.39, 0.29) is 13.2 Å². The summed E-state index contributed by atoms with van der Waals surface area (Å²) in [6.07, 6.45) is 6.30. The summed E-state index contributed by atoms with van der Waals surface area (Å²) >= 11 is 0. The van der Waals surface area contributed by atoms with E-state index in [0.29, 0.717) is 39.6 Å². The Morgan fingerprint density at radius 1 is 0.478 bits per heavy atom. The van der Waals surface area contributed by atoms with Crippen molar-refractivity contribution in [3.63, 3.8) is 0 Å². The highest BCUT2D eigenvalue weighted by Gasteiger charge is 1.90. The van der Waals surface area contributed by atoms with Gasteiger partial charge in [-0.2, -0.15) is 0 Å². The van der Waals surface area contributed by atoms with Crippen molar-refractivity contribution in [2.45, 2.75) is 46.0 Å². The maximum absolute atomic E-state index is 8.36. The van der Waals surface area contributed by atoms with Gasteiger partial charge < -0.3 is 29.2 Å². The van der Waals surface area contributed by atoms with Crippen LogP contribution in [-0.4, -0.2) is 76.3 Å². The molecule has 0 radical (unpaired) electrons. The second-order valence-electron chi connectivity index (χ2n) is 4.96. The van der Waals surface area contributed by atoms with E-state index in [2.05, 4.69) is 13.8 Å². The van der Waals surface area contributed by atoms with Crippen LogP contribution in [0.15, 0.2) is 0 Å². The highest BCUT2D eigenvalue weighted by Crippen LogP contribution is 1.95. The highest BCUT2D eigenvalue weighted by atomic mass is 16.5. The summed E-state index contributed by atoms with van der Waals surface area (Å²) in [6.45, 7) is 9.09. The molecule has 0 saturated heterocycles. The summed E-state index contributed by atoms with van der Waals surface area (Å²) in [4.78, 5) is 0. The van der Waals surface area contributed by atoms with Gasteiger partial charge in [0, 0.05) is 13.2 Å². The number of ether oxygens (including phenoxy) is 4.